The average Bonchev–Trinajstić information content (AvgIpc) is 2.68. The zero-order chi connectivity index (χ0) is 19.5. The van der Waals surface area contributed by atoms with Crippen molar-refractivity contribution in [3.63, 3.8) is 0 Å². The Morgan fingerprint density at radius 1 is 0.926 bits per heavy atom. The number of carbonyl (C=O) groups excluding carboxylic acids is 3. The highest BCUT2D eigenvalue weighted by atomic mass is 16.5. The predicted octanol–water partition coefficient (Wildman–Crippen LogP) is 2.39. The Hall–Kier alpha value is -3.35. The van der Waals surface area contributed by atoms with Gasteiger partial charge in [0.2, 0.25) is 11.8 Å². The van der Waals surface area contributed by atoms with Gasteiger partial charge in [0.15, 0.2) is 0 Å². The van der Waals surface area contributed by atoms with Crippen molar-refractivity contribution >= 4 is 23.5 Å². The van der Waals surface area contributed by atoms with Gasteiger partial charge >= 0.3 is 5.97 Å². The number of carbonyl (C=O) groups is 3. The Balaban J connectivity index is 1.67. The first kappa shape index (κ1) is 20.0. The van der Waals surface area contributed by atoms with Gasteiger partial charge in [0.1, 0.15) is 5.75 Å². The molecule has 0 fully saturated rings. The number of hydrogen-bond acceptors (Lipinski definition) is 5. The molecule has 2 aromatic rings. The largest absolute Gasteiger partial charge is 0.493 e. The highest BCUT2D eigenvalue weighted by Gasteiger charge is 2.08. The molecule has 0 saturated heterocycles. The van der Waals surface area contributed by atoms with E-state index in [9.17, 15) is 14.4 Å². The second-order valence-corrected chi connectivity index (χ2v) is 5.53. The van der Waals surface area contributed by atoms with E-state index in [2.05, 4.69) is 10.6 Å². The van der Waals surface area contributed by atoms with Crippen molar-refractivity contribution < 1.29 is 23.9 Å². The van der Waals surface area contributed by atoms with E-state index in [4.69, 9.17) is 9.47 Å². The molecule has 0 bridgehead atoms. The Labute approximate surface area is 157 Å². The Morgan fingerprint density at radius 3 is 2.30 bits per heavy atom. The van der Waals surface area contributed by atoms with Crippen LogP contribution in [0.1, 0.15) is 23.7 Å². The molecule has 27 heavy (non-hydrogen) atoms. The Kier molecular flexibility index (Phi) is 7.84. The summed E-state index contributed by atoms with van der Waals surface area (Å²) in [5, 5.41) is 5.17. The van der Waals surface area contributed by atoms with Gasteiger partial charge in [-0.3, -0.25) is 9.59 Å². The van der Waals surface area contributed by atoms with Crippen LogP contribution in [0.3, 0.4) is 0 Å². The molecular formula is C20H22N2O5. The monoisotopic (exact) mass is 370 g/mol. The van der Waals surface area contributed by atoms with Crippen molar-refractivity contribution in [2.45, 2.75) is 13.3 Å². The topological polar surface area (TPSA) is 93.7 Å². The number of nitrogens with one attached hydrogen (secondary N) is 2. The lowest BCUT2D eigenvalue weighted by Gasteiger charge is -2.08. The maximum atomic E-state index is 11.9. The first-order chi connectivity index (χ1) is 13.1. The van der Waals surface area contributed by atoms with E-state index in [1.54, 1.807) is 43.3 Å². The zero-order valence-corrected chi connectivity index (χ0v) is 15.1. The lowest BCUT2D eigenvalue weighted by Crippen LogP contribution is -2.33. The Morgan fingerprint density at radius 2 is 1.63 bits per heavy atom. The van der Waals surface area contributed by atoms with Crippen molar-refractivity contribution in [3.8, 4) is 5.75 Å². The molecule has 7 nitrogen and oxygen atoms in total. The van der Waals surface area contributed by atoms with Crippen LogP contribution in [-0.2, 0) is 14.3 Å². The molecule has 2 amide bonds. The molecule has 2 aromatic carbocycles. The van der Waals surface area contributed by atoms with E-state index < -0.39 is 5.97 Å². The third-order valence-electron chi connectivity index (χ3n) is 3.47. The molecule has 142 valence electrons. The maximum Gasteiger partial charge on any atom is 0.338 e. The van der Waals surface area contributed by atoms with Gasteiger partial charge in [0.25, 0.3) is 0 Å². The van der Waals surface area contributed by atoms with Gasteiger partial charge in [-0.05, 0) is 43.3 Å². The van der Waals surface area contributed by atoms with Crippen LogP contribution in [0, 0.1) is 0 Å². The number of anilines is 1. The molecular weight excluding hydrogens is 348 g/mol. The molecule has 0 atom stereocenters. The number of hydrogen-bond donors (Lipinski definition) is 2. The number of esters is 1. The van der Waals surface area contributed by atoms with Crippen molar-refractivity contribution in [3.05, 3.63) is 60.2 Å². The van der Waals surface area contributed by atoms with Crippen LogP contribution in [0.5, 0.6) is 5.75 Å². The molecule has 0 aliphatic rings. The molecule has 2 N–H and O–H groups in total. The summed E-state index contributed by atoms with van der Waals surface area (Å²) >= 11 is 0. The molecule has 2 rings (SSSR count). The van der Waals surface area contributed by atoms with Gasteiger partial charge in [-0.2, -0.15) is 0 Å². The van der Waals surface area contributed by atoms with E-state index >= 15 is 0 Å². The number of para-hydroxylation sites is 1. The summed E-state index contributed by atoms with van der Waals surface area (Å²) in [4.78, 5) is 35.2. The third-order valence-corrected chi connectivity index (χ3v) is 3.47. The van der Waals surface area contributed by atoms with Gasteiger partial charge in [0, 0.05) is 5.69 Å². The van der Waals surface area contributed by atoms with Gasteiger partial charge in [-0.25, -0.2) is 4.79 Å². The van der Waals surface area contributed by atoms with Crippen molar-refractivity contribution in [1.82, 2.24) is 5.32 Å². The normalized spacial score (nSPS) is 9.96. The highest BCUT2D eigenvalue weighted by Crippen LogP contribution is 2.10. The fraction of sp³-hybridized carbons (Fsp3) is 0.250. The molecule has 0 radical (unpaired) electrons. The molecule has 0 unspecified atom stereocenters. The zero-order valence-electron chi connectivity index (χ0n) is 15.1. The maximum absolute atomic E-state index is 11.9. The van der Waals surface area contributed by atoms with Crippen LogP contribution in [0.4, 0.5) is 5.69 Å². The molecule has 0 aliphatic carbocycles. The molecule has 0 heterocycles. The SMILES string of the molecule is CCOC(=O)c1ccc(NC(=O)CNC(=O)CCOc2ccccc2)cc1. The fourth-order valence-corrected chi connectivity index (χ4v) is 2.15. The second kappa shape index (κ2) is 10.6. The summed E-state index contributed by atoms with van der Waals surface area (Å²) in [6.07, 6.45) is 0.149. The minimum absolute atomic E-state index is 0.149. The van der Waals surface area contributed by atoms with E-state index in [0.717, 1.165) is 0 Å². The summed E-state index contributed by atoms with van der Waals surface area (Å²) in [6, 6.07) is 15.5. The summed E-state index contributed by atoms with van der Waals surface area (Å²) in [7, 11) is 0. The molecule has 0 aliphatic heterocycles. The molecule has 0 aromatic heterocycles. The summed E-state index contributed by atoms with van der Waals surface area (Å²) < 4.78 is 10.3. The van der Waals surface area contributed by atoms with Gasteiger partial charge in [0.05, 0.1) is 31.7 Å². The lowest BCUT2D eigenvalue weighted by atomic mass is 10.2. The standard InChI is InChI=1S/C20H22N2O5/c1-2-26-20(25)15-8-10-16(11-9-15)22-19(24)14-21-18(23)12-13-27-17-6-4-3-5-7-17/h3-11H,2,12-14H2,1H3,(H,21,23)(H,22,24). The van der Waals surface area contributed by atoms with E-state index in [-0.39, 0.29) is 31.4 Å². The minimum atomic E-state index is -0.416. The van der Waals surface area contributed by atoms with E-state index in [1.807, 2.05) is 18.2 Å². The quantitative estimate of drug-likeness (QED) is 0.661. The minimum Gasteiger partial charge on any atom is -0.493 e. The van der Waals surface area contributed by atoms with Gasteiger partial charge < -0.3 is 20.1 Å². The Bertz CT molecular complexity index is 760. The molecule has 0 saturated carbocycles. The first-order valence-corrected chi connectivity index (χ1v) is 8.60. The first-order valence-electron chi connectivity index (χ1n) is 8.60. The van der Waals surface area contributed by atoms with Crippen LogP contribution in [0.2, 0.25) is 0 Å². The van der Waals surface area contributed by atoms with Gasteiger partial charge in [-0.1, -0.05) is 18.2 Å². The number of ether oxygens (including phenoxy) is 2. The van der Waals surface area contributed by atoms with Crippen LogP contribution in [0.25, 0.3) is 0 Å². The van der Waals surface area contributed by atoms with Crippen molar-refractivity contribution in [2.24, 2.45) is 0 Å². The van der Waals surface area contributed by atoms with Crippen LogP contribution in [-0.4, -0.2) is 37.5 Å². The number of benzene rings is 2. The summed E-state index contributed by atoms with van der Waals surface area (Å²) in [6.45, 7) is 2.11. The van der Waals surface area contributed by atoms with Crippen LogP contribution < -0.4 is 15.4 Å². The van der Waals surface area contributed by atoms with Crippen LogP contribution >= 0.6 is 0 Å². The summed E-state index contributed by atoms with van der Waals surface area (Å²) in [5.74, 6) is -0.371. The average molecular weight is 370 g/mol. The van der Waals surface area contributed by atoms with Gasteiger partial charge in [-0.15, -0.1) is 0 Å². The second-order valence-electron chi connectivity index (χ2n) is 5.53. The third kappa shape index (κ3) is 7.19. The highest BCUT2D eigenvalue weighted by molar-refractivity contribution is 5.95. The van der Waals surface area contributed by atoms with E-state index in [0.29, 0.717) is 23.6 Å². The van der Waals surface area contributed by atoms with Crippen LogP contribution in [0.15, 0.2) is 54.6 Å². The molecule has 7 heteroatoms. The summed E-state index contributed by atoms with van der Waals surface area (Å²) in [5.41, 5.74) is 0.927. The van der Waals surface area contributed by atoms with Crippen molar-refractivity contribution in [2.75, 3.05) is 25.1 Å². The predicted molar refractivity (Wildman–Crippen MR) is 101 cm³/mol. The fourth-order valence-electron chi connectivity index (χ4n) is 2.15. The lowest BCUT2D eigenvalue weighted by molar-refractivity contribution is -0.124. The number of amides is 2. The smallest absolute Gasteiger partial charge is 0.338 e. The molecule has 0 spiro atoms. The van der Waals surface area contributed by atoms with Crippen molar-refractivity contribution in [1.29, 1.82) is 0 Å². The van der Waals surface area contributed by atoms with E-state index in [1.165, 1.54) is 0 Å². The number of rotatable bonds is 9.